The third-order valence-corrected chi connectivity index (χ3v) is 2.01. The van der Waals surface area contributed by atoms with Crippen molar-refractivity contribution < 1.29 is 9.84 Å². The smallest absolute Gasteiger partial charge is 0.0713 e. The number of benzene rings is 1. The summed E-state index contributed by atoms with van der Waals surface area (Å²) in [5, 5.41) is 9.01. The number of hydrogen-bond acceptors (Lipinski definition) is 2. The minimum Gasteiger partial charge on any atom is -0.392 e. The fourth-order valence-electron chi connectivity index (χ4n) is 1.38. The van der Waals surface area contributed by atoms with Crippen molar-refractivity contribution in [1.82, 2.24) is 0 Å². The van der Waals surface area contributed by atoms with E-state index in [1.807, 2.05) is 12.1 Å². The Morgan fingerprint density at radius 1 is 1.15 bits per heavy atom. The van der Waals surface area contributed by atoms with E-state index in [0.29, 0.717) is 6.61 Å². The largest absolute Gasteiger partial charge is 0.392 e. The van der Waals surface area contributed by atoms with Gasteiger partial charge in [-0.2, -0.15) is 0 Å². The zero-order chi connectivity index (χ0) is 9.68. The fraction of sp³-hybridized carbons (Fsp3) is 0.455. The number of methoxy groups -OCH3 is 1. The third-order valence-electron chi connectivity index (χ3n) is 2.01. The molecule has 0 unspecified atom stereocenters. The second-order valence-corrected chi connectivity index (χ2v) is 3.10. The fourth-order valence-corrected chi connectivity index (χ4v) is 1.38. The lowest BCUT2D eigenvalue weighted by Crippen LogP contribution is -1.94. The van der Waals surface area contributed by atoms with Gasteiger partial charge in [-0.1, -0.05) is 25.1 Å². The summed E-state index contributed by atoms with van der Waals surface area (Å²) < 4.78 is 5.05. The number of rotatable bonds is 4. The van der Waals surface area contributed by atoms with Crippen LogP contribution in [0.5, 0.6) is 0 Å². The number of ether oxygens (including phenoxy) is 1. The van der Waals surface area contributed by atoms with E-state index in [0.717, 1.165) is 17.5 Å². The standard InChI is InChI=1S/C11H16O2/c1-3-9-4-10(7-12)6-11(5-9)8-13-2/h4-6,12H,3,7-8H2,1-2H3. The van der Waals surface area contributed by atoms with E-state index in [-0.39, 0.29) is 6.61 Å². The first-order valence-electron chi connectivity index (χ1n) is 4.51. The van der Waals surface area contributed by atoms with Gasteiger partial charge in [-0.05, 0) is 23.1 Å². The van der Waals surface area contributed by atoms with E-state index < -0.39 is 0 Å². The van der Waals surface area contributed by atoms with Gasteiger partial charge in [0.2, 0.25) is 0 Å². The molecule has 0 spiro atoms. The molecule has 1 N–H and O–H groups in total. The number of hydrogen-bond donors (Lipinski definition) is 1. The van der Waals surface area contributed by atoms with Crippen LogP contribution in [0.1, 0.15) is 23.6 Å². The Hall–Kier alpha value is -0.860. The summed E-state index contributed by atoms with van der Waals surface area (Å²) >= 11 is 0. The normalized spacial score (nSPS) is 10.4. The number of aliphatic hydroxyl groups is 1. The second kappa shape index (κ2) is 5.00. The van der Waals surface area contributed by atoms with Gasteiger partial charge in [0, 0.05) is 7.11 Å². The SMILES string of the molecule is CCc1cc(CO)cc(COC)c1. The lowest BCUT2D eigenvalue weighted by Gasteiger charge is -2.06. The molecule has 13 heavy (non-hydrogen) atoms. The van der Waals surface area contributed by atoms with Crippen LogP contribution in [-0.4, -0.2) is 12.2 Å². The molecule has 0 amide bonds. The quantitative estimate of drug-likeness (QED) is 0.766. The zero-order valence-electron chi connectivity index (χ0n) is 8.21. The van der Waals surface area contributed by atoms with Gasteiger partial charge in [0.1, 0.15) is 0 Å². The monoisotopic (exact) mass is 180 g/mol. The molecule has 72 valence electrons. The highest BCUT2D eigenvalue weighted by atomic mass is 16.5. The minimum atomic E-state index is 0.102. The van der Waals surface area contributed by atoms with Gasteiger partial charge in [-0.3, -0.25) is 0 Å². The van der Waals surface area contributed by atoms with E-state index in [1.165, 1.54) is 5.56 Å². The predicted molar refractivity (Wildman–Crippen MR) is 52.5 cm³/mol. The predicted octanol–water partition coefficient (Wildman–Crippen LogP) is 1.89. The molecule has 0 fully saturated rings. The Kier molecular flexibility index (Phi) is 3.93. The van der Waals surface area contributed by atoms with Gasteiger partial charge in [-0.25, -0.2) is 0 Å². The van der Waals surface area contributed by atoms with Crippen LogP contribution < -0.4 is 0 Å². The molecule has 1 rings (SSSR count). The molecule has 0 aromatic heterocycles. The molecule has 0 aliphatic rings. The van der Waals surface area contributed by atoms with Crippen LogP contribution in [0.3, 0.4) is 0 Å². The summed E-state index contributed by atoms with van der Waals surface area (Å²) in [6.45, 7) is 2.82. The molecular weight excluding hydrogens is 164 g/mol. The molecule has 0 aliphatic carbocycles. The van der Waals surface area contributed by atoms with E-state index in [9.17, 15) is 0 Å². The van der Waals surface area contributed by atoms with Crippen molar-refractivity contribution >= 4 is 0 Å². The molecular formula is C11H16O2. The van der Waals surface area contributed by atoms with Gasteiger partial charge in [0.05, 0.1) is 13.2 Å². The van der Waals surface area contributed by atoms with E-state index in [4.69, 9.17) is 9.84 Å². The highest BCUT2D eigenvalue weighted by molar-refractivity contribution is 5.29. The van der Waals surface area contributed by atoms with E-state index >= 15 is 0 Å². The van der Waals surface area contributed by atoms with Crippen LogP contribution >= 0.6 is 0 Å². The maximum absolute atomic E-state index is 9.01. The average Bonchev–Trinajstić information content (AvgIpc) is 2.17. The van der Waals surface area contributed by atoms with Crippen molar-refractivity contribution in [1.29, 1.82) is 0 Å². The van der Waals surface area contributed by atoms with Gasteiger partial charge in [0.25, 0.3) is 0 Å². The zero-order valence-corrected chi connectivity index (χ0v) is 8.21. The maximum atomic E-state index is 9.01. The van der Waals surface area contributed by atoms with Crippen LogP contribution in [0, 0.1) is 0 Å². The van der Waals surface area contributed by atoms with Crippen LogP contribution in [0.15, 0.2) is 18.2 Å². The molecule has 0 saturated carbocycles. The van der Waals surface area contributed by atoms with Gasteiger partial charge in [0.15, 0.2) is 0 Å². The molecule has 0 bridgehead atoms. The Balaban J connectivity index is 2.93. The molecule has 0 heterocycles. The Bertz CT molecular complexity index is 247. The summed E-state index contributed by atoms with van der Waals surface area (Å²) in [5.74, 6) is 0. The van der Waals surface area contributed by atoms with Gasteiger partial charge < -0.3 is 9.84 Å². The Morgan fingerprint density at radius 3 is 2.31 bits per heavy atom. The highest BCUT2D eigenvalue weighted by Gasteiger charge is 1.98. The van der Waals surface area contributed by atoms with Crippen LogP contribution in [0.4, 0.5) is 0 Å². The van der Waals surface area contributed by atoms with Crippen molar-refractivity contribution in [2.75, 3.05) is 7.11 Å². The molecule has 1 aromatic carbocycles. The van der Waals surface area contributed by atoms with Gasteiger partial charge in [-0.15, -0.1) is 0 Å². The van der Waals surface area contributed by atoms with Crippen molar-refractivity contribution in [2.24, 2.45) is 0 Å². The van der Waals surface area contributed by atoms with E-state index in [2.05, 4.69) is 13.0 Å². The second-order valence-electron chi connectivity index (χ2n) is 3.10. The molecule has 2 nitrogen and oxygen atoms in total. The Labute approximate surface area is 79.2 Å². The maximum Gasteiger partial charge on any atom is 0.0713 e. The molecule has 2 heteroatoms. The van der Waals surface area contributed by atoms with Crippen LogP contribution in [-0.2, 0) is 24.4 Å². The highest BCUT2D eigenvalue weighted by Crippen LogP contribution is 2.12. The van der Waals surface area contributed by atoms with Gasteiger partial charge >= 0.3 is 0 Å². The number of aryl methyl sites for hydroxylation is 1. The first-order valence-corrected chi connectivity index (χ1v) is 4.51. The topological polar surface area (TPSA) is 29.5 Å². The lowest BCUT2D eigenvalue weighted by atomic mass is 10.0. The molecule has 1 aromatic rings. The summed E-state index contributed by atoms with van der Waals surface area (Å²) in [5.41, 5.74) is 3.34. The van der Waals surface area contributed by atoms with Crippen LogP contribution in [0.25, 0.3) is 0 Å². The number of aliphatic hydroxyl groups excluding tert-OH is 1. The molecule has 0 saturated heterocycles. The van der Waals surface area contributed by atoms with Crippen LogP contribution in [0.2, 0.25) is 0 Å². The van der Waals surface area contributed by atoms with Crippen molar-refractivity contribution in [3.63, 3.8) is 0 Å². The summed E-state index contributed by atoms with van der Waals surface area (Å²) in [6, 6.07) is 6.12. The first-order chi connectivity index (χ1) is 6.30. The summed E-state index contributed by atoms with van der Waals surface area (Å²) in [6.07, 6.45) is 0.991. The molecule has 0 radical (unpaired) electrons. The lowest BCUT2D eigenvalue weighted by molar-refractivity contribution is 0.184. The molecule has 0 atom stereocenters. The third kappa shape index (κ3) is 2.83. The average molecular weight is 180 g/mol. The minimum absolute atomic E-state index is 0.102. The molecule has 0 aliphatic heterocycles. The summed E-state index contributed by atoms with van der Waals surface area (Å²) in [7, 11) is 1.68. The van der Waals surface area contributed by atoms with Crippen molar-refractivity contribution in [3.05, 3.63) is 34.9 Å². The summed E-state index contributed by atoms with van der Waals surface area (Å²) in [4.78, 5) is 0. The van der Waals surface area contributed by atoms with E-state index in [1.54, 1.807) is 7.11 Å². The van der Waals surface area contributed by atoms with Crippen molar-refractivity contribution in [3.8, 4) is 0 Å². The Morgan fingerprint density at radius 2 is 1.77 bits per heavy atom. The van der Waals surface area contributed by atoms with Crippen molar-refractivity contribution in [2.45, 2.75) is 26.6 Å². The first kappa shape index (κ1) is 10.2.